The number of ether oxygens (including phenoxy) is 3. The quantitative estimate of drug-likeness (QED) is 0.506. The van der Waals surface area contributed by atoms with Crippen molar-refractivity contribution in [2.45, 2.75) is 51.4 Å². The Kier molecular flexibility index (Phi) is 4.91. The Balaban J connectivity index is 1.49. The number of hydrogen-bond donors (Lipinski definition) is 0. The summed E-state index contributed by atoms with van der Waals surface area (Å²) in [4.78, 5) is 13.5. The van der Waals surface area contributed by atoms with Crippen LogP contribution in [0.2, 0.25) is 5.02 Å². The predicted octanol–water partition coefficient (Wildman–Crippen LogP) is 6.12. The molecule has 2 aliphatic carbocycles. The van der Waals surface area contributed by atoms with Crippen molar-refractivity contribution in [3.05, 3.63) is 67.7 Å². The fourth-order valence-electron chi connectivity index (χ4n) is 4.88. The fourth-order valence-corrected chi connectivity index (χ4v) is 5.53. The van der Waals surface area contributed by atoms with Crippen molar-refractivity contribution in [2.75, 3.05) is 13.2 Å². The first-order valence-corrected chi connectivity index (χ1v) is 11.6. The summed E-state index contributed by atoms with van der Waals surface area (Å²) in [6.45, 7) is 9.02. The van der Waals surface area contributed by atoms with E-state index in [0.717, 1.165) is 38.7 Å². The molecule has 162 valence electrons. The van der Waals surface area contributed by atoms with Crippen LogP contribution in [-0.4, -0.2) is 30.9 Å². The second kappa shape index (κ2) is 7.17. The average Bonchev–Trinajstić information content (AvgIpc) is 3.25. The van der Waals surface area contributed by atoms with E-state index in [-0.39, 0.29) is 17.3 Å². The number of Topliss-reactive ketones (excluding diaryl/α,β-unsaturated/α-hetero) is 1. The van der Waals surface area contributed by atoms with Crippen LogP contribution >= 0.6 is 27.5 Å². The molecule has 0 N–H and O–H groups in total. The number of carbonyl (C=O) groups excluding carboxylic acids is 1. The van der Waals surface area contributed by atoms with E-state index in [1.807, 2.05) is 44.2 Å². The van der Waals surface area contributed by atoms with Crippen molar-refractivity contribution in [3.63, 3.8) is 0 Å². The van der Waals surface area contributed by atoms with Crippen LogP contribution in [0.5, 0.6) is 5.75 Å². The van der Waals surface area contributed by atoms with Crippen molar-refractivity contribution < 1.29 is 19.0 Å². The summed E-state index contributed by atoms with van der Waals surface area (Å²) < 4.78 is 18.3. The second-order valence-corrected chi connectivity index (χ2v) is 10.7. The molecule has 0 unspecified atom stereocenters. The Hall–Kier alpha value is -1.66. The SMILES string of the molecule is CC1(C)OC[C@@H](COc2cc3c(cc2Br)C(=O)C2=C(Cc4cc(Cl)ccc42)C3(C)C)O1. The number of carbonyl (C=O) groups is 1. The van der Waals surface area contributed by atoms with Gasteiger partial charge in [0.2, 0.25) is 0 Å². The van der Waals surface area contributed by atoms with E-state index in [9.17, 15) is 4.79 Å². The molecular formula is C25H24BrClO4. The summed E-state index contributed by atoms with van der Waals surface area (Å²) in [5, 5.41) is 0.695. The monoisotopic (exact) mass is 502 g/mol. The molecule has 1 aliphatic heterocycles. The summed E-state index contributed by atoms with van der Waals surface area (Å²) in [6, 6.07) is 9.69. The normalized spacial score (nSPS) is 22.9. The van der Waals surface area contributed by atoms with Gasteiger partial charge in [-0.1, -0.05) is 31.5 Å². The van der Waals surface area contributed by atoms with Gasteiger partial charge in [-0.05, 0) is 82.7 Å². The van der Waals surface area contributed by atoms with E-state index in [0.29, 0.717) is 29.5 Å². The Morgan fingerprint density at radius 2 is 1.94 bits per heavy atom. The lowest BCUT2D eigenvalue weighted by Gasteiger charge is -2.35. The zero-order valence-electron chi connectivity index (χ0n) is 18.0. The smallest absolute Gasteiger partial charge is 0.193 e. The lowest BCUT2D eigenvalue weighted by Crippen LogP contribution is -2.30. The van der Waals surface area contributed by atoms with Crippen LogP contribution in [0.15, 0.2) is 40.4 Å². The molecule has 1 heterocycles. The van der Waals surface area contributed by atoms with Crippen LogP contribution in [0.3, 0.4) is 0 Å². The molecule has 0 aromatic heterocycles. The maximum Gasteiger partial charge on any atom is 0.193 e. The molecule has 4 nitrogen and oxygen atoms in total. The molecule has 1 atom stereocenters. The van der Waals surface area contributed by atoms with Gasteiger partial charge in [0.25, 0.3) is 0 Å². The maximum atomic E-state index is 13.5. The van der Waals surface area contributed by atoms with E-state index in [4.69, 9.17) is 25.8 Å². The maximum absolute atomic E-state index is 13.5. The van der Waals surface area contributed by atoms with Crippen molar-refractivity contribution in [1.82, 2.24) is 0 Å². The zero-order valence-corrected chi connectivity index (χ0v) is 20.3. The van der Waals surface area contributed by atoms with Gasteiger partial charge in [-0.15, -0.1) is 0 Å². The molecule has 0 amide bonds. The minimum atomic E-state index is -0.585. The van der Waals surface area contributed by atoms with Gasteiger partial charge in [0.1, 0.15) is 18.5 Å². The van der Waals surface area contributed by atoms with Gasteiger partial charge in [-0.25, -0.2) is 0 Å². The number of benzene rings is 2. The summed E-state index contributed by atoms with van der Waals surface area (Å²) in [7, 11) is 0. The molecule has 1 fully saturated rings. The average molecular weight is 504 g/mol. The third kappa shape index (κ3) is 3.46. The number of fused-ring (bicyclic) bond motifs is 3. The topological polar surface area (TPSA) is 44.8 Å². The fraction of sp³-hybridized carbons (Fsp3) is 0.400. The van der Waals surface area contributed by atoms with Gasteiger partial charge >= 0.3 is 0 Å². The van der Waals surface area contributed by atoms with Gasteiger partial charge in [-0.3, -0.25) is 4.79 Å². The van der Waals surface area contributed by atoms with Crippen LogP contribution in [0, 0.1) is 0 Å². The molecule has 2 aromatic carbocycles. The van der Waals surface area contributed by atoms with Crippen molar-refractivity contribution in [3.8, 4) is 5.75 Å². The minimum absolute atomic E-state index is 0.0620. The summed E-state index contributed by atoms with van der Waals surface area (Å²) in [6.07, 6.45) is 0.605. The molecule has 0 bridgehead atoms. The summed E-state index contributed by atoms with van der Waals surface area (Å²) in [5.74, 6) is 0.182. The second-order valence-electron chi connectivity index (χ2n) is 9.38. The van der Waals surface area contributed by atoms with Crippen LogP contribution < -0.4 is 4.74 Å². The van der Waals surface area contributed by atoms with E-state index in [1.54, 1.807) is 0 Å². The third-order valence-corrected chi connectivity index (χ3v) is 7.32. The van der Waals surface area contributed by atoms with Crippen LogP contribution in [-0.2, 0) is 21.3 Å². The van der Waals surface area contributed by atoms with Gasteiger partial charge < -0.3 is 14.2 Å². The molecule has 6 heteroatoms. The molecule has 3 aliphatic rings. The Labute approximate surface area is 195 Å². The van der Waals surface area contributed by atoms with Crippen LogP contribution in [0.25, 0.3) is 5.57 Å². The summed E-state index contributed by atoms with van der Waals surface area (Å²) in [5.41, 5.74) is 5.47. The zero-order chi connectivity index (χ0) is 22.1. The number of rotatable bonds is 3. The molecule has 0 spiro atoms. The number of allylic oxidation sites excluding steroid dienone is 2. The van der Waals surface area contributed by atoms with Gasteiger partial charge in [0.15, 0.2) is 11.6 Å². The first-order valence-electron chi connectivity index (χ1n) is 10.4. The Bertz CT molecular complexity index is 1150. The molecule has 0 radical (unpaired) electrons. The highest BCUT2D eigenvalue weighted by Gasteiger charge is 2.43. The first-order chi connectivity index (χ1) is 14.6. The van der Waals surface area contributed by atoms with E-state index in [1.165, 1.54) is 0 Å². The van der Waals surface area contributed by atoms with Crippen molar-refractivity contribution in [1.29, 1.82) is 0 Å². The van der Waals surface area contributed by atoms with Gasteiger partial charge in [0, 0.05) is 21.6 Å². The van der Waals surface area contributed by atoms with E-state index in [2.05, 4.69) is 29.8 Å². The van der Waals surface area contributed by atoms with Crippen LogP contribution in [0.1, 0.15) is 54.7 Å². The number of ketones is 1. The van der Waals surface area contributed by atoms with Crippen molar-refractivity contribution >= 4 is 38.9 Å². The largest absolute Gasteiger partial charge is 0.490 e. The lowest BCUT2D eigenvalue weighted by atomic mass is 9.68. The van der Waals surface area contributed by atoms with E-state index >= 15 is 0 Å². The Morgan fingerprint density at radius 1 is 1.16 bits per heavy atom. The van der Waals surface area contributed by atoms with Crippen LogP contribution in [0.4, 0.5) is 0 Å². The molecule has 1 saturated heterocycles. The predicted molar refractivity (Wildman–Crippen MR) is 124 cm³/mol. The van der Waals surface area contributed by atoms with Gasteiger partial charge in [-0.2, -0.15) is 0 Å². The third-order valence-electron chi connectivity index (χ3n) is 6.47. The summed E-state index contributed by atoms with van der Waals surface area (Å²) >= 11 is 9.82. The first kappa shape index (κ1) is 21.2. The molecule has 31 heavy (non-hydrogen) atoms. The highest BCUT2D eigenvalue weighted by atomic mass is 79.9. The molecular weight excluding hydrogens is 480 g/mol. The lowest BCUT2D eigenvalue weighted by molar-refractivity contribution is -0.141. The highest BCUT2D eigenvalue weighted by molar-refractivity contribution is 9.10. The number of hydrogen-bond acceptors (Lipinski definition) is 4. The Morgan fingerprint density at radius 3 is 2.65 bits per heavy atom. The highest BCUT2D eigenvalue weighted by Crippen LogP contribution is 2.51. The molecule has 5 rings (SSSR count). The minimum Gasteiger partial charge on any atom is -0.490 e. The standard InChI is InChI=1S/C25H24BrClO4/c1-24(2)18-10-21(29-11-15-12-30-25(3,4)31-15)20(26)9-17(18)23(28)22-16-6-5-14(27)7-13(16)8-19(22)24/h5-7,9-10,15H,8,11-12H2,1-4H3/t15-/m1/s1. The van der Waals surface area contributed by atoms with Crippen molar-refractivity contribution in [2.24, 2.45) is 0 Å². The molecule has 2 aromatic rings. The van der Waals surface area contributed by atoms with Gasteiger partial charge in [0.05, 0.1) is 11.1 Å². The van der Waals surface area contributed by atoms with E-state index < -0.39 is 5.79 Å². The number of halogens is 2. The molecule has 0 saturated carbocycles.